The first-order chi connectivity index (χ1) is 12.0. The number of benzene rings is 1. The van der Waals surface area contributed by atoms with Crippen molar-refractivity contribution in [2.45, 2.75) is 40.0 Å². The molecule has 0 fully saturated rings. The van der Waals surface area contributed by atoms with Crippen LogP contribution >= 0.6 is 0 Å². The highest BCUT2D eigenvalue weighted by molar-refractivity contribution is 5.79. The maximum absolute atomic E-state index is 13.4. The van der Waals surface area contributed by atoms with Gasteiger partial charge in [-0.05, 0) is 44.0 Å². The molecule has 0 saturated heterocycles. The minimum Gasteiger partial charge on any atom is -0.392 e. The number of guanidine groups is 1. The molecule has 0 aliphatic rings. The Hall–Kier alpha value is -2.41. The van der Waals surface area contributed by atoms with Crippen LogP contribution in [-0.4, -0.2) is 34.4 Å². The molecule has 0 aliphatic heterocycles. The molecule has 7 heteroatoms. The van der Waals surface area contributed by atoms with Crippen LogP contribution in [0.4, 0.5) is 4.39 Å². The Morgan fingerprint density at radius 3 is 2.72 bits per heavy atom. The van der Waals surface area contributed by atoms with Gasteiger partial charge in [-0.2, -0.15) is 5.10 Å². The summed E-state index contributed by atoms with van der Waals surface area (Å²) in [6.07, 6.45) is 0.924. The zero-order valence-corrected chi connectivity index (χ0v) is 15.0. The van der Waals surface area contributed by atoms with E-state index >= 15 is 0 Å². The SMILES string of the molecule is CN=C(NCCCn1nc(C)cc1C)NCc1ccc(F)c(CO)c1. The molecule has 0 amide bonds. The highest BCUT2D eigenvalue weighted by atomic mass is 19.1. The van der Waals surface area contributed by atoms with E-state index in [2.05, 4.69) is 33.7 Å². The maximum atomic E-state index is 13.4. The minimum atomic E-state index is -0.391. The predicted molar refractivity (Wildman–Crippen MR) is 96.8 cm³/mol. The van der Waals surface area contributed by atoms with Gasteiger partial charge >= 0.3 is 0 Å². The Morgan fingerprint density at radius 1 is 1.28 bits per heavy atom. The lowest BCUT2D eigenvalue weighted by atomic mass is 10.1. The summed E-state index contributed by atoms with van der Waals surface area (Å²) in [6, 6.07) is 6.78. The van der Waals surface area contributed by atoms with Gasteiger partial charge in [0.25, 0.3) is 0 Å². The summed E-state index contributed by atoms with van der Waals surface area (Å²) in [4.78, 5) is 4.18. The molecule has 6 nitrogen and oxygen atoms in total. The van der Waals surface area contributed by atoms with Gasteiger partial charge in [-0.15, -0.1) is 0 Å². The lowest BCUT2D eigenvalue weighted by molar-refractivity contribution is 0.275. The third kappa shape index (κ3) is 5.56. The maximum Gasteiger partial charge on any atom is 0.191 e. The van der Waals surface area contributed by atoms with Crippen LogP contribution in [0, 0.1) is 19.7 Å². The first-order valence-electron chi connectivity index (χ1n) is 8.37. The van der Waals surface area contributed by atoms with Gasteiger partial charge in [0.05, 0.1) is 12.3 Å². The molecular weight excluding hydrogens is 321 g/mol. The fourth-order valence-electron chi connectivity index (χ4n) is 2.60. The average molecular weight is 347 g/mol. The fourth-order valence-corrected chi connectivity index (χ4v) is 2.60. The van der Waals surface area contributed by atoms with Gasteiger partial charge in [-0.1, -0.05) is 6.07 Å². The van der Waals surface area contributed by atoms with Crippen molar-refractivity contribution in [2.24, 2.45) is 4.99 Å². The standard InChI is InChI=1S/C18H26FN5O/c1-13-9-14(2)24(23-13)8-4-7-21-18(20-3)22-11-15-5-6-17(19)16(10-15)12-25/h5-6,9-10,25H,4,7-8,11-12H2,1-3H3,(H2,20,21,22). The van der Waals surface area contributed by atoms with Crippen LogP contribution in [0.2, 0.25) is 0 Å². The normalized spacial score (nSPS) is 11.6. The molecule has 2 aromatic rings. The molecule has 2 rings (SSSR count). The van der Waals surface area contributed by atoms with Gasteiger partial charge < -0.3 is 15.7 Å². The van der Waals surface area contributed by atoms with Crippen LogP contribution in [0.5, 0.6) is 0 Å². The molecule has 1 heterocycles. The van der Waals surface area contributed by atoms with Crippen molar-refractivity contribution < 1.29 is 9.50 Å². The fraction of sp³-hybridized carbons (Fsp3) is 0.444. The van der Waals surface area contributed by atoms with E-state index in [1.807, 2.05) is 11.6 Å². The van der Waals surface area contributed by atoms with Crippen molar-refractivity contribution >= 4 is 5.96 Å². The topological polar surface area (TPSA) is 74.5 Å². The third-order valence-corrected chi connectivity index (χ3v) is 3.91. The summed E-state index contributed by atoms with van der Waals surface area (Å²) in [5, 5.41) is 20.0. The van der Waals surface area contributed by atoms with Crippen molar-refractivity contribution in [3.8, 4) is 0 Å². The second kappa shape index (κ2) is 9.17. The van der Waals surface area contributed by atoms with Gasteiger partial charge in [0.15, 0.2) is 5.96 Å². The average Bonchev–Trinajstić information content (AvgIpc) is 2.92. The molecule has 1 aromatic carbocycles. The Balaban J connectivity index is 1.76. The lowest BCUT2D eigenvalue weighted by Gasteiger charge is -2.13. The van der Waals surface area contributed by atoms with Gasteiger partial charge in [-0.25, -0.2) is 4.39 Å². The zero-order valence-electron chi connectivity index (χ0n) is 15.0. The number of nitrogens with zero attached hydrogens (tertiary/aromatic N) is 3. The van der Waals surface area contributed by atoms with Crippen LogP contribution in [0.3, 0.4) is 0 Å². The number of nitrogens with one attached hydrogen (secondary N) is 2. The summed E-state index contributed by atoms with van der Waals surface area (Å²) in [6.45, 7) is 5.86. The molecule has 0 atom stereocenters. The highest BCUT2D eigenvalue weighted by Gasteiger charge is 2.04. The van der Waals surface area contributed by atoms with E-state index in [9.17, 15) is 4.39 Å². The summed E-state index contributed by atoms with van der Waals surface area (Å²) >= 11 is 0. The number of halogens is 1. The molecule has 0 saturated carbocycles. The van der Waals surface area contributed by atoms with Crippen LogP contribution in [-0.2, 0) is 19.7 Å². The van der Waals surface area contributed by atoms with Gasteiger partial charge in [0, 0.05) is 37.9 Å². The molecule has 0 bridgehead atoms. The van der Waals surface area contributed by atoms with E-state index in [0.29, 0.717) is 18.1 Å². The van der Waals surface area contributed by atoms with E-state index in [-0.39, 0.29) is 6.61 Å². The Bertz CT molecular complexity index is 726. The molecule has 0 unspecified atom stereocenters. The molecule has 136 valence electrons. The molecular formula is C18H26FN5O. The van der Waals surface area contributed by atoms with Crippen LogP contribution in [0.15, 0.2) is 29.3 Å². The number of hydrogen-bond acceptors (Lipinski definition) is 3. The van der Waals surface area contributed by atoms with Crippen LogP contribution in [0.25, 0.3) is 0 Å². The van der Waals surface area contributed by atoms with Gasteiger partial charge in [0.1, 0.15) is 5.82 Å². The second-order valence-electron chi connectivity index (χ2n) is 5.94. The summed E-state index contributed by atoms with van der Waals surface area (Å²) < 4.78 is 15.4. The smallest absolute Gasteiger partial charge is 0.191 e. The Morgan fingerprint density at radius 2 is 2.08 bits per heavy atom. The molecule has 0 aliphatic carbocycles. The van der Waals surface area contributed by atoms with Crippen molar-refractivity contribution in [1.29, 1.82) is 0 Å². The summed E-state index contributed by atoms with van der Waals surface area (Å²) in [5.74, 6) is 0.293. The Labute approximate surface area is 147 Å². The second-order valence-corrected chi connectivity index (χ2v) is 5.94. The predicted octanol–water partition coefficient (Wildman–Crippen LogP) is 1.89. The van der Waals surface area contributed by atoms with Crippen molar-refractivity contribution in [3.63, 3.8) is 0 Å². The van der Waals surface area contributed by atoms with Crippen molar-refractivity contribution in [1.82, 2.24) is 20.4 Å². The Kier molecular flexibility index (Phi) is 6.94. The minimum absolute atomic E-state index is 0.298. The third-order valence-electron chi connectivity index (χ3n) is 3.91. The zero-order chi connectivity index (χ0) is 18.2. The van der Waals surface area contributed by atoms with Gasteiger partial charge in [-0.3, -0.25) is 9.67 Å². The quantitative estimate of drug-likeness (QED) is 0.406. The van der Waals surface area contributed by atoms with E-state index in [1.165, 1.54) is 6.07 Å². The van der Waals surface area contributed by atoms with Crippen molar-refractivity contribution in [3.05, 3.63) is 52.6 Å². The van der Waals surface area contributed by atoms with E-state index in [1.54, 1.807) is 19.2 Å². The number of aliphatic hydroxyl groups is 1. The number of hydrogen-bond donors (Lipinski definition) is 3. The molecule has 25 heavy (non-hydrogen) atoms. The number of aliphatic imine (C=N–C) groups is 1. The number of rotatable bonds is 7. The van der Waals surface area contributed by atoms with Gasteiger partial charge in [0.2, 0.25) is 0 Å². The van der Waals surface area contributed by atoms with Crippen LogP contribution in [0.1, 0.15) is 28.9 Å². The van der Waals surface area contributed by atoms with Crippen molar-refractivity contribution in [2.75, 3.05) is 13.6 Å². The molecule has 3 N–H and O–H groups in total. The van der Waals surface area contributed by atoms with Crippen LogP contribution < -0.4 is 10.6 Å². The molecule has 0 spiro atoms. The molecule has 0 radical (unpaired) electrons. The number of aromatic nitrogens is 2. The number of aliphatic hydroxyl groups excluding tert-OH is 1. The molecule has 1 aromatic heterocycles. The summed E-state index contributed by atoms with van der Waals surface area (Å²) in [7, 11) is 1.71. The van der Waals surface area contributed by atoms with E-state index < -0.39 is 5.82 Å². The largest absolute Gasteiger partial charge is 0.392 e. The van der Waals surface area contributed by atoms with E-state index in [0.717, 1.165) is 36.5 Å². The number of aryl methyl sites for hydroxylation is 3. The summed E-state index contributed by atoms with van der Waals surface area (Å²) in [5.41, 5.74) is 3.38. The van der Waals surface area contributed by atoms with E-state index in [4.69, 9.17) is 5.11 Å². The highest BCUT2D eigenvalue weighted by Crippen LogP contribution is 2.10. The first-order valence-corrected chi connectivity index (χ1v) is 8.37. The monoisotopic (exact) mass is 347 g/mol. The first kappa shape index (κ1) is 18.9. The lowest BCUT2D eigenvalue weighted by Crippen LogP contribution is -2.37.